The lowest BCUT2D eigenvalue weighted by Crippen LogP contribution is -2.27. The van der Waals surface area contributed by atoms with Crippen molar-refractivity contribution in [2.45, 2.75) is 13.2 Å². The Balaban J connectivity index is 1.41. The molecule has 0 spiro atoms. The molecule has 35 heavy (non-hydrogen) atoms. The van der Waals surface area contributed by atoms with Gasteiger partial charge < -0.3 is 14.6 Å². The van der Waals surface area contributed by atoms with Crippen molar-refractivity contribution in [2.24, 2.45) is 0 Å². The summed E-state index contributed by atoms with van der Waals surface area (Å²) in [7, 11) is 1.61. The molecule has 9 heteroatoms. The number of carboxylic acid groups (broad SMARTS) is 1. The molecule has 1 saturated heterocycles. The number of hydrogen-bond donors (Lipinski definition) is 1. The minimum Gasteiger partial charge on any atom is -0.497 e. The summed E-state index contributed by atoms with van der Waals surface area (Å²) in [5.74, 6) is 0.100. The van der Waals surface area contributed by atoms with E-state index < -0.39 is 5.97 Å². The zero-order valence-electron chi connectivity index (χ0n) is 18.6. The van der Waals surface area contributed by atoms with Gasteiger partial charge in [-0.1, -0.05) is 65.9 Å². The van der Waals surface area contributed by atoms with E-state index in [1.807, 2.05) is 30.3 Å². The van der Waals surface area contributed by atoms with Crippen LogP contribution in [0, 0.1) is 0 Å². The van der Waals surface area contributed by atoms with Crippen molar-refractivity contribution >= 4 is 57.9 Å². The van der Waals surface area contributed by atoms with Crippen molar-refractivity contribution in [3.8, 4) is 11.5 Å². The highest BCUT2D eigenvalue weighted by atomic mass is 35.5. The molecule has 0 aliphatic carbocycles. The zero-order valence-corrected chi connectivity index (χ0v) is 21.0. The summed E-state index contributed by atoms with van der Waals surface area (Å²) in [6, 6.07) is 19.2. The van der Waals surface area contributed by atoms with Crippen molar-refractivity contribution in [3.63, 3.8) is 0 Å². The van der Waals surface area contributed by atoms with E-state index >= 15 is 0 Å². The number of methoxy groups -OCH3 is 1. The van der Waals surface area contributed by atoms with Crippen LogP contribution in [0.1, 0.15) is 27.0 Å². The van der Waals surface area contributed by atoms with Crippen LogP contribution in [-0.4, -0.2) is 33.3 Å². The Labute approximate surface area is 217 Å². The predicted molar refractivity (Wildman–Crippen MR) is 141 cm³/mol. The standard InChI is InChI=1S/C26H20ClNO5S2/c1-32-20-9-4-16(5-10-20)14-28-24(29)23(35-26(28)34)13-18-6-11-22(21(27)12-18)33-15-17-2-7-19(8-3-17)25(30)31/h2-13H,14-15H2,1H3,(H,30,31)/b23-13-. The highest BCUT2D eigenvalue weighted by Gasteiger charge is 2.32. The van der Waals surface area contributed by atoms with Crippen LogP contribution in [0.4, 0.5) is 0 Å². The summed E-state index contributed by atoms with van der Waals surface area (Å²) >= 11 is 13.1. The quantitative estimate of drug-likeness (QED) is 0.284. The monoisotopic (exact) mass is 525 g/mol. The fourth-order valence-corrected chi connectivity index (χ4v) is 4.83. The second-order valence-electron chi connectivity index (χ2n) is 7.60. The van der Waals surface area contributed by atoms with Crippen molar-refractivity contribution in [2.75, 3.05) is 7.11 Å². The Morgan fingerprint density at radius 1 is 1.09 bits per heavy atom. The maximum atomic E-state index is 13.0. The predicted octanol–water partition coefficient (Wildman–Crippen LogP) is 6.03. The molecule has 178 valence electrons. The van der Waals surface area contributed by atoms with Crippen molar-refractivity contribution in [1.82, 2.24) is 4.90 Å². The van der Waals surface area contributed by atoms with E-state index in [0.29, 0.717) is 26.5 Å². The van der Waals surface area contributed by atoms with Gasteiger partial charge in [0.2, 0.25) is 0 Å². The molecular weight excluding hydrogens is 506 g/mol. The van der Waals surface area contributed by atoms with Gasteiger partial charge in [-0.3, -0.25) is 9.69 Å². The number of carbonyl (C=O) groups excluding carboxylic acids is 1. The Bertz CT molecular complexity index is 1310. The van der Waals surface area contributed by atoms with E-state index in [2.05, 4.69) is 0 Å². The molecule has 3 aromatic rings. The number of hydrogen-bond acceptors (Lipinski definition) is 6. The minimum atomic E-state index is -0.978. The van der Waals surface area contributed by atoms with Gasteiger partial charge in [0.1, 0.15) is 22.4 Å². The number of thioether (sulfide) groups is 1. The molecule has 1 fully saturated rings. The molecule has 1 aliphatic rings. The average molecular weight is 526 g/mol. The Morgan fingerprint density at radius 3 is 2.40 bits per heavy atom. The lowest BCUT2D eigenvalue weighted by atomic mass is 10.1. The number of thiocarbonyl (C=S) groups is 1. The van der Waals surface area contributed by atoms with E-state index in [-0.39, 0.29) is 18.1 Å². The maximum absolute atomic E-state index is 13.0. The maximum Gasteiger partial charge on any atom is 0.335 e. The molecule has 4 rings (SSSR count). The molecule has 6 nitrogen and oxygen atoms in total. The fraction of sp³-hybridized carbons (Fsp3) is 0.115. The van der Waals surface area contributed by atoms with E-state index in [0.717, 1.165) is 22.4 Å². The number of carbonyl (C=O) groups is 2. The molecule has 1 heterocycles. The van der Waals surface area contributed by atoms with Crippen LogP contribution in [-0.2, 0) is 17.9 Å². The summed E-state index contributed by atoms with van der Waals surface area (Å²) < 4.78 is 11.4. The fourth-order valence-electron chi connectivity index (χ4n) is 3.33. The molecule has 0 bridgehead atoms. The topological polar surface area (TPSA) is 76.1 Å². The first-order valence-corrected chi connectivity index (χ1v) is 12.1. The minimum absolute atomic E-state index is 0.155. The molecule has 1 N–H and O–H groups in total. The van der Waals surface area contributed by atoms with Gasteiger partial charge in [-0.05, 0) is 59.2 Å². The zero-order chi connectivity index (χ0) is 24.9. The van der Waals surface area contributed by atoms with Gasteiger partial charge in [0.15, 0.2) is 0 Å². The van der Waals surface area contributed by atoms with Gasteiger partial charge in [-0.15, -0.1) is 0 Å². The van der Waals surface area contributed by atoms with Gasteiger partial charge in [0.25, 0.3) is 5.91 Å². The number of carboxylic acids is 1. The number of ether oxygens (including phenoxy) is 2. The van der Waals surface area contributed by atoms with E-state index in [9.17, 15) is 9.59 Å². The van der Waals surface area contributed by atoms with Gasteiger partial charge >= 0.3 is 5.97 Å². The van der Waals surface area contributed by atoms with Crippen LogP contribution in [0.3, 0.4) is 0 Å². The molecule has 0 aromatic heterocycles. The first-order chi connectivity index (χ1) is 16.8. The Hall–Kier alpha value is -3.33. The summed E-state index contributed by atoms with van der Waals surface area (Å²) in [6.45, 7) is 0.621. The van der Waals surface area contributed by atoms with Crippen LogP contribution in [0.5, 0.6) is 11.5 Å². The number of halogens is 1. The smallest absolute Gasteiger partial charge is 0.335 e. The molecule has 1 amide bonds. The first kappa shape index (κ1) is 24.8. The second-order valence-corrected chi connectivity index (χ2v) is 9.68. The lowest BCUT2D eigenvalue weighted by molar-refractivity contribution is -0.122. The van der Waals surface area contributed by atoms with Gasteiger partial charge in [0.05, 0.1) is 29.1 Å². The summed E-state index contributed by atoms with van der Waals surface area (Å²) in [4.78, 5) is 26.0. The van der Waals surface area contributed by atoms with Crippen molar-refractivity contribution in [1.29, 1.82) is 0 Å². The molecule has 0 radical (unpaired) electrons. The molecule has 0 unspecified atom stereocenters. The Morgan fingerprint density at radius 2 is 1.77 bits per heavy atom. The van der Waals surface area contributed by atoms with Crippen LogP contribution >= 0.6 is 35.6 Å². The van der Waals surface area contributed by atoms with Gasteiger partial charge in [-0.25, -0.2) is 4.79 Å². The summed E-state index contributed by atoms with van der Waals surface area (Å²) in [5, 5.41) is 9.39. The number of nitrogens with zero attached hydrogens (tertiary/aromatic N) is 1. The SMILES string of the molecule is COc1ccc(CN2C(=O)/C(=C/c3ccc(OCc4ccc(C(=O)O)cc4)c(Cl)c3)SC2=S)cc1. The van der Waals surface area contributed by atoms with Crippen LogP contribution in [0.15, 0.2) is 71.6 Å². The molecule has 0 saturated carbocycles. The molecule has 0 atom stereocenters. The van der Waals surface area contributed by atoms with Crippen molar-refractivity contribution < 1.29 is 24.2 Å². The van der Waals surface area contributed by atoms with Crippen LogP contribution in [0.2, 0.25) is 5.02 Å². The third-order valence-electron chi connectivity index (χ3n) is 5.22. The van der Waals surface area contributed by atoms with E-state index in [1.165, 1.54) is 23.9 Å². The summed E-state index contributed by atoms with van der Waals surface area (Å²) in [6.07, 6.45) is 1.76. The van der Waals surface area contributed by atoms with E-state index in [1.54, 1.807) is 42.4 Å². The number of rotatable bonds is 8. The molecular formula is C26H20ClNO5S2. The third kappa shape index (κ3) is 6.03. The van der Waals surface area contributed by atoms with Gasteiger partial charge in [-0.2, -0.15) is 0 Å². The number of benzene rings is 3. The first-order valence-electron chi connectivity index (χ1n) is 10.5. The van der Waals surface area contributed by atoms with Gasteiger partial charge in [0, 0.05) is 0 Å². The van der Waals surface area contributed by atoms with Crippen LogP contribution in [0.25, 0.3) is 6.08 Å². The number of amides is 1. The normalized spacial score (nSPS) is 14.5. The largest absolute Gasteiger partial charge is 0.497 e. The highest BCUT2D eigenvalue weighted by molar-refractivity contribution is 8.26. The molecule has 1 aliphatic heterocycles. The Kier molecular flexibility index (Phi) is 7.75. The highest BCUT2D eigenvalue weighted by Crippen LogP contribution is 2.35. The third-order valence-corrected chi connectivity index (χ3v) is 6.90. The van der Waals surface area contributed by atoms with Crippen LogP contribution < -0.4 is 9.47 Å². The summed E-state index contributed by atoms with van der Waals surface area (Å²) in [5.41, 5.74) is 2.73. The number of aromatic carboxylic acids is 1. The second kappa shape index (κ2) is 10.9. The average Bonchev–Trinajstić information content (AvgIpc) is 3.11. The molecule has 3 aromatic carbocycles. The van der Waals surface area contributed by atoms with Crippen molar-refractivity contribution in [3.05, 3.63) is 98.9 Å². The van der Waals surface area contributed by atoms with E-state index in [4.69, 9.17) is 38.4 Å². The lowest BCUT2D eigenvalue weighted by Gasteiger charge is -2.14.